The lowest BCUT2D eigenvalue weighted by Gasteiger charge is -2.28. The minimum atomic E-state index is 0.315. The molecule has 2 atom stereocenters. The summed E-state index contributed by atoms with van der Waals surface area (Å²) in [6.45, 7) is 4.18. The minimum absolute atomic E-state index is 0.315. The van der Waals surface area contributed by atoms with E-state index >= 15 is 0 Å². The van der Waals surface area contributed by atoms with Gasteiger partial charge in [0.05, 0.1) is 0 Å². The van der Waals surface area contributed by atoms with Crippen molar-refractivity contribution in [1.29, 1.82) is 0 Å². The molecule has 0 spiro atoms. The monoisotopic (exact) mass is 273 g/mol. The van der Waals surface area contributed by atoms with E-state index in [0.717, 1.165) is 35.5 Å². The van der Waals surface area contributed by atoms with E-state index in [2.05, 4.69) is 36.3 Å². The Hall–Kier alpha value is -1.55. The standard InChI is InChI=1S/C16H23N3O/c1-10(2)16-19-14-9-13(6-7-15(14)20-16)18-12-5-3-4-11(17)8-12/h6-7,9-12,18H,3-5,8,17H2,1-2H3. The highest BCUT2D eigenvalue weighted by Crippen LogP contribution is 2.26. The van der Waals surface area contributed by atoms with E-state index in [0.29, 0.717) is 18.0 Å². The van der Waals surface area contributed by atoms with Gasteiger partial charge in [0.2, 0.25) is 0 Å². The summed E-state index contributed by atoms with van der Waals surface area (Å²) in [6, 6.07) is 6.96. The van der Waals surface area contributed by atoms with E-state index in [-0.39, 0.29) is 0 Å². The lowest BCUT2D eigenvalue weighted by molar-refractivity contribution is 0.409. The van der Waals surface area contributed by atoms with Gasteiger partial charge in [-0.05, 0) is 43.9 Å². The highest BCUT2D eigenvalue weighted by molar-refractivity contribution is 5.77. The third-order valence-corrected chi connectivity index (χ3v) is 3.98. The van der Waals surface area contributed by atoms with Crippen LogP contribution in [0.4, 0.5) is 5.69 Å². The fourth-order valence-electron chi connectivity index (χ4n) is 2.88. The molecule has 3 rings (SSSR count). The zero-order chi connectivity index (χ0) is 14.1. The average molecular weight is 273 g/mol. The van der Waals surface area contributed by atoms with Crippen molar-refractivity contribution in [1.82, 2.24) is 4.98 Å². The number of oxazole rings is 1. The molecule has 4 nitrogen and oxygen atoms in total. The number of aromatic nitrogens is 1. The van der Waals surface area contributed by atoms with E-state index in [1.807, 2.05) is 6.07 Å². The zero-order valence-electron chi connectivity index (χ0n) is 12.2. The number of anilines is 1. The van der Waals surface area contributed by atoms with Gasteiger partial charge < -0.3 is 15.5 Å². The van der Waals surface area contributed by atoms with E-state index < -0.39 is 0 Å². The predicted molar refractivity (Wildman–Crippen MR) is 82.0 cm³/mol. The van der Waals surface area contributed by atoms with Gasteiger partial charge in [0.25, 0.3) is 0 Å². The highest BCUT2D eigenvalue weighted by atomic mass is 16.3. The summed E-state index contributed by atoms with van der Waals surface area (Å²) in [5, 5.41) is 3.58. The van der Waals surface area contributed by atoms with Gasteiger partial charge >= 0.3 is 0 Å². The number of rotatable bonds is 3. The molecular formula is C16H23N3O. The van der Waals surface area contributed by atoms with Gasteiger partial charge in [0, 0.05) is 23.7 Å². The summed E-state index contributed by atoms with van der Waals surface area (Å²) in [6.07, 6.45) is 4.61. The summed E-state index contributed by atoms with van der Waals surface area (Å²) < 4.78 is 5.73. The third kappa shape index (κ3) is 2.80. The molecule has 0 aliphatic heterocycles. The van der Waals surface area contributed by atoms with Crippen molar-refractivity contribution in [3.8, 4) is 0 Å². The highest BCUT2D eigenvalue weighted by Gasteiger charge is 2.19. The number of nitrogens with zero attached hydrogens (tertiary/aromatic N) is 1. The van der Waals surface area contributed by atoms with Crippen molar-refractivity contribution in [2.24, 2.45) is 5.73 Å². The molecule has 2 unspecified atom stereocenters. The van der Waals surface area contributed by atoms with Crippen LogP contribution >= 0.6 is 0 Å². The number of nitrogens with one attached hydrogen (secondary N) is 1. The Morgan fingerprint density at radius 1 is 1.35 bits per heavy atom. The van der Waals surface area contributed by atoms with Crippen LogP contribution in [0.25, 0.3) is 11.1 Å². The Labute approximate surface area is 119 Å². The summed E-state index contributed by atoms with van der Waals surface area (Å²) in [5.74, 6) is 1.12. The maximum atomic E-state index is 6.04. The van der Waals surface area contributed by atoms with E-state index in [4.69, 9.17) is 10.2 Å². The van der Waals surface area contributed by atoms with Crippen molar-refractivity contribution >= 4 is 16.8 Å². The molecule has 1 aliphatic rings. The van der Waals surface area contributed by atoms with Crippen LogP contribution in [0, 0.1) is 0 Å². The molecule has 4 heteroatoms. The second-order valence-electron chi connectivity index (χ2n) is 6.16. The largest absolute Gasteiger partial charge is 0.440 e. The van der Waals surface area contributed by atoms with Crippen LogP contribution in [-0.2, 0) is 0 Å². The Bertz CT molecular complexity index is 590. The maximum Gasteiger partial charge on any atom is 0.198 e. The van der Waals surface area contributed by atoms with Crippen molar-refractivity contribution in [2.45, 2.75) is 57.5 Å². The fraction of sp³-hybridized carbons (Fsp3) is 0.562. The van der Waals surface area contributed by atoms with Gasteiger partial charge in [0.15, 0.2) is 11.5 Å². The Balaban J connectivity index is 1.78. The van der Waals surface area contributed by atoms with Crippen LogP contribution < -0.4 is 11.1 Å². The first-order chi connectivity index (χ1) is 9.61. The lowest BCUT2D eigenvalue weighted by Crippen LogP contribution is -2.34. The molecule has 1 aromatic heterocycles. The van der Waals surface area contributed by atoms with Gasteiger partial charge in [-0.15, -0.1) is 0 Å². The number of fused-ring (bicyclic) bond motifs is 1. The van der Waals surface area contributed by atoms with Gasteiger partial charge in [-0.1, -0.05) is 13.8 Å². The van der Waals surface area contributed by atoms with Gasteiger partial charge in [-0.25, -0.2) is 4.98 Å². The van der Waals surface area contributed by atoms with Gasteiger partial charge in [0.1, 0.15) is 5.52 Å². The normalized spacial score (nSPS) is 23.4. The predicted octanol–water partition coefficient (Wildman–Crippen LogP) is 3.63. The SMILES string of the molecule is CC(C)c1nc2cc(NC3CCCC(N)C3)ccc2o1. The van der Waals surface area contributed by atoms with E-state index in [1.54, 1.807) is 0 Å². The van der Waals surface area contributed by atoms with Gasteiger partial charge in [-0.2, -0.15) is 0 Å². The van der Waals surface area contributed by atoms with Crippen molar-refractivity contribution in [2.75, 3.05) is 5.32 Å². The summed E-state index contributed by atoms with van der Waals surface area (Å²) in [4.78, 5) is 4.55. The van der Waals surface area contributed by atoms with Crippen LogP contribution in [0.1, 0.15) is 51.3 Å². The molecule has 0 saturated heterocycles. The zero-order valence-corrected chi connectivity index (χ0v) is 12.2. The second-order valence-corrected chi connectivity index (χ2v) is 6.16. The molecule has 1 heterocycles. The third-order valence-electron chi connectivity index (χ3n) is 3.98. The first kappa shape index (κ1) is 13.4. The smallest absolute Gasteiger partial charge is 0.198 e. The van der Waals surface area contributed by atoms with Crippen molar-refractivity contribution in [3.63, 3.8) is 0 Å². The number of nitrogens with two attached hydrogens (primary N) is 1. The Morgan fingerprint density at radius 2 is 2.20 bits per heavy atom. The van der Waals surface area contributed by atoms with Crippen LogP contribution in [-0.4, -0.2) is 17.1 Å². The summed E-state index contributed by atoms with van der Waals surface area (Å²) in [5.41, 5.74) is 8.94. The lowest BCUT2D eigenvalue weighted by atomic mass is 9.91. The Kier molecular flexibility index (Phi) is 3.66. The molecular weight excluding hydrogens is 250 g/mol. The molecule has 2 aromatic rings. The number of hydrogen-bond acceptors (Lipinski definition) is 4. The van der Waals surface area contributed by atoms with E-state index in [1.165, 1.54) is 12.8 Å². The fourth-order valence-corrected chi connectivity index (χ4v) is 2.88. The molecule has 1 saturated carbocycles. The molecule has 3 N–H and O–H groups in total. The number of benzene rings is 1. The van der Waals surface area contributed by atoms with Crippen LogP contribution in [0.5, 0.6) is 0 Å². The second kappa shape index (κ2) is 5.44. The minimum Gasteiger partial charge on any atom is -0.440 e. The molecule has 20 heavy (non-hydrogen) atoms. The van der Waals surface area contributed by atoms with E-state index in [9.17, 15) is 0 Å². The topological polar surface area (TPSA) is 64.1 Å². The molecule has 1 aliphatic carbocycles. The summed E-state index contributed by atoms with van der Waals surface area (Å²) >= 11 is 0. The first-order valence-corrected chi connectivity index (χ1v) is 7.54. The summed E-state index contributed by atoms with van der Waals surface area (Å²) in [7, 11) is 0. The molecule has 0 bridgehead atoms. The molecule has 0 amide bonds. The number of hydrogen-bond donors (Lipinski definition) is 2. The Morgan fingerprint density at radius 3 is 2.95 bits per heavy atom. The molecule has 108 valence electrons. The van der Waals surface area contributed by atoms with Crippen molar-refractivity contribution < 1.29 is 4.42 Å². The average Bonchev–Trinajstić information content (AvgIpc) is 2.82. The van der Waals surface area contributed by atoms with Crippen molar-refractivity contribution in [3.05, 3.63) is 24.1 Å². The van der Waals surface area contributed by atoms with Crippen LogP contribution in [0.15, 0.2) is 22.6 Å². The van der Waals surface area contributed by atoms with Gasteiger partial charge in [-0.3, -0.25) is 0 Å². The molecule has 1 aromatic carbocycles. The molecule has 0 radical (unpaired) electrons. The van der Waals surface area contributed by atoms with Crippen LogP contribution in [0.3, 0.4) is 0 Å². The quantitative estimate of drug-likeness (QED) is 0.896. The first-order valence-electron chi connectivity index (χ1n) is 7.54. The maximum absolute atomic E-state index is 6.04. The van der Waals surface area contributed by atoms with Crippen LogP contribution in [0.2, 0.25) is 0 Å². The molecule has 1 fully saturated rings.